The number of carbonyl (C=O) groups is 3. The van der Waals surface area contributed by atoms with Crippen LogP contribution in [-0.4, -0.2) is 35.0 Å². The van der Waals surface area contributed by atoms with Gasteiger partial charge in [0.25, 0.3) is 0 Å². The van der Waals surface area contributed by atoms with Crippen LogP contribution in [0.25, 0.3) is 0 Å². The van der Waals surface area contributed by atoms with Gasteiger partial charge in [0.2, 0.25) is 11.8 Å². The summed E-state index contributed by atoms with van der Waals surface area (Å²) in [6, 6.07) is 0. The first-order valence-electron chi connectivity index (χ1n) is 7.12. The summed E-state index contributed by atoms with van der Waals surface area (Å²) in [6.07, 6.45) is 6.19. The largest absolute Gasteiger partial charge is 0.480 e. The van der Waals surface area contributed by atoms with Crippen molar-refractivity contribution in [2.45, 2.75) is 57.9 Å². The molecule has 20 heavy (non-hydrogen) atoms. The molecule has 6 nitrogen and oxygen atoms in total. The summed E-state index contributed by atoms with van der Waals surface area (Å²) in [5.41, 5.74) is -1.33. The standard InChI is InChI=1S/C14H24N2O4/c1-14(2,13(19)20)16-12(18)9-15-11(17)8-10-6-4-3-5-7-10/h10H,3-9H2,1-2H3,(H,15,17)(H,16,18)(H,19,20). The van der Waals surface area contributed by atoms with Gasteiger partial charge in [-0.2, -0.15) is 0 Å². The van der Waals surface area contributed by atoms with Crippen molar-refractivity contribution in [3.05, 3.63) is 0 Å². The van der Waals surface area contributed by atoms with Crippen LogP contribution >= 0.6 is 0 Å². The molecule has 0 aromatic heterocycles. The molecule has 6 heteroatoms. The Morgan fingerprint density at radius 1 is 1.10 bits per heavy atom. The Morgan fingerprint density at radius 3 is 2.25 bits per heavy atom. The first kappa shape index (κ1) is 16.5. The van der Waals surface area contributed by atoms with E-state index in [0.717, 1.165) is 12.8 Å². The first-order valence-corrected chi connectivity index (χ1v) is 7.12. The summed E-state index contributed by atoms with van der Waals surface area (Å²) in [4.78, 5) is 34.1. The van der Waals surface area contributed by atoms with Crippen molar-refractivity contribution in [3.8, 4) is 0 Å². The minimum absolute atomic E-state index is 0.139. The third-order valence-corrected chi connectivity index (χ3v) is 3.63. The molecule has 1 aliphatic carbocycles. The van der Waals surface area contributed by atoms with Crippen molar-refractivity contribution < 1.29 is 19.5 Å². The van der Waals surface area contributed by atoms with Crippen LogP contribution in [0.3, 0.4) is 0 Å². The van der Waals surface area contributed by atoms with Crippen molar-refractivity contribution in [2.75, 3.05) is 6.54 Å². The maximum Gasteiger partial charge on any atom is 0.328 e. The number of carboxylic acids is 1. The van der Waals surface area contributed by atoms with Gasteiger partial charge >= 0.3 is 5.97 Å². The second-order valence-corrected chi connectivity index (χ2v) is 5.96. The molecule has 0 aromatic carbocycles. The van der Waals surface area contributed by atoms with Crippen LogP contribution in [0.4, 0.5) is 0 Å². The van der Waals surface area contributed by atoms with Gasteiger partial charge in [0.1, 0.15) is 5.54 Å². The average molecular weight is 284 g/mol. The molecule has 0 radical (unpaired) electrons. The molecule has 0 aromatic rings. The number of nitrogens with one attached hydrogen (secondary N) is 2. The first-order chi connectivity index (χ1) is 9.31. The molecule has 0 unspecified atom stereocenters. The third kappa shape index (κ3) is 5.59. The monoisotopic (exact) mass is 284 g/mol. The van der Waals surface area contributed by atoms with Crippen molar-refractivity contribution in [1.29, 1.82) is 0 Å². The molecule has 3 N–H and O–H groups in total. The summed E-state index contributed by atoms with van der Waals surface area (Å²) in [5, 5.41) is 13.8. The van der Waals surface area contributed by atoms with Gasteiger partial charge in [0.15, 0.2) is 0 Å². The van der Waals surface area contributed by atoms with Crippen LogP contribution in [-0.2, 0) is 14.4 Å². The molecule has 0 aliphatic heterocycles. The van der Waals surface area contributed by atoms with Crippen molar-refractivity contribution in [2.24, 2.45) is 5.92 Å². The maximum atomic E-state index is 11.7. The maximum absolute atomic E-state index is 11.7. The van der Waals surface area contributed by atoms with Crippen LogP contribution in [0.1, 0.15) is 52.4 Å². The second-order valence-electron chi connectivity index (χ2n) is 5.96. The van der Waals surface area contributed by atoms with E-state index in [-0.39, 0.29) is 12.5 Å². The van der Waals surface area contributed by atoms with E-state index in [9.17, 15) is 14.4 Å². The van der Waals surface area contributed by atoms with Crippen LogP contribution in [0, 0.1) is 5.92 Å². The molecular weight excluding hydrogens is 260 g/mol. The highest BCUT2D eigenvalue weighted by atomic mass is 16.4. The topological polar surface area (TPSA) is 95.5 Å². The summed E-state index contributed by atoms with van der Waals surface area (Å²) in [6.45, 7) is 2.62. The summed E-state index contributed by atoms with van der Waals surface area (Å²) < 4.78 is 0. The van der Waals surface area contributed by atoms with Crippen LogP contribution in [0.5, 0.6) is 0 Å². The third-order valence-electron chi connectivity index (χ3n) is 3.63. The zero-order chi connectivity index (χ0) is 15.2. The van der Waals surface area contributed by atoms with E-state index >= 15 is 0 Å². The summed E-state index contributed by atoms with van der Waals surface area (Å²) in [5.74, 6) is -1.32. The Balaban J connectivity index is 2.26. The smallest absolute Gasteiger partial charge is 0.328 e. The molecule has 0 saturated heterocycles. The SMILES string of the molecule is CC(C)(NC(=O)CNC(=O)CC1CCCCC1)C(=O)O. The Labute approximate surface area is 119 Å². The van der Waals surface area contributed by atoms with Crippen molar-refractivity contribution in [1.82, 2.24) is 10.6 Å². The highest BCUT2D eigenvalue weighted by Crippen LogP contribution is 2.25. The summed E-state index contributed by atoms with van der Waals surface area (Å²) >= 11 is 0. The van der Waals surface area contributed by atoms with Gasteiger partial charge in [-0.15, -0.1) is 0 Å². The Kier molecular flexibility index (Phi) is 5.98. The Hall–Kier alpha value is -1.59. The van der Waals surface area contributed by atoms with E-state index in [1.54, 1.807) is 0 Å². The van der Waals surface area contributed by atoms with Crippen LogP contribution in [0.2, 0.25) is 0 Å². The molecule has 0 atom stereocenters. The normalized spacial score (nSPS) is 16.5. The molecule has 1 rings (SSSR count). The fourth-order valence-corrected chi connectivity index (χ4v) is 2.35. The van der Waals surface area contributed by atoms with Gasteiger partial charge in [-0.25, -0.2) is 4.79 Å². The number of hydrogen-bond acceptors (Lipinski definition) is 3. The van der Waals surface area contributed by atoms with Crippen molar-refractivity contribution in [3.63, 3.8) is 0 Å². The molecular formula is C14H24N2O4. The van der Waals surface area contributed by atoms with Gasteiger partial charge in [-0.1, -0.05) is 19.3 Å². The highest BCUT2D eigenvalue weighted by Gasteiger charge is 2.28. The number of hydrogen-bond donors (Lipinski definition) is 3. The number of carbonyl (C=O) groups excluding carboxylic acids is 2. The molecule has 1 fully saturated rings. The lowest BCUT2D eigenvalue weighted by Crippen LogP contribution is -2.52. The van der Waals surface area contributed by atoms with E-state index in [1.165, 1.54) is 33.1 Å². The van der Waals surface area contributed by atoms with E-state index in [1.807, 2.05) is 0 Å². The zero-order valence-corrected chi connectivity index (χ0v) is 12.2. The van der Waals surface area contributed by atoms with Crippen LogP contribution < -0.4 is 10.6 Å². The van der Waals surface area contributed by atoms with Crippen molar-refractivity contribution >= 4 is 17.8 Å². The molecule has 0 heterocycles. The minimum atomic E-state index is -1.33. The predicted octanol–water partition coefficient (Wildman–Crippen LogP) is 1.05. The minimum Gasteiger partial charge on any atom is -0.480 e. The number of rotatable bonds is 6. The highest BCUT2D eigenvalue weighted by molar-refractivity contribution is 5.89. The average Bonchev–Trinajstić information content (AvgIpc) is 2.37. The van der Waals surface area contributed by atoms with Gasteiger partial charge in [0, 0.05) is 6.42 Å². The Bertz CT molecular complexity index is 373. The lowest BCUT2D eigenvalue weighted by Gasteiger charge is -2.22. The quantitative estimate of drug-likeness (QED) is 0.679. The lowest BCUT2D eigenvalue weighted by atomic mass is 9.87. The fraction of sp³-hybridized carbons (Fsp3) is 0.786. The number of carboxylic acid groups (broad SMARTS) is 1. The molecule has 0 spiro atoms. The van der Waals surface area contributed by atoms with Gasteiger partial charge in [-0.05, 0) is 32.6 Å². The zero-order valence-electron chi connectivity index (χ0n) is 12.2. The molecule has 114 valence electrons. The van der Waals surface area contributed by atoms with E-state index in [4.69, 9.17) is 5.11 Å². The summed E-state index contributed by atoms with van der Waals surface area (Å²) in [7, 11) is 0. The lowest BCUT2D eigenvalue weighted by molar-refractivity contribution is -0.145. The van der Waals surface area contributed by atoms with Gasteiger partial charge < -0.3 is 15.7 Å². The molecule has 1 aliphatic rings. The molecule has 2 amide bonds. The number of amides is 2. The predicted molar refractivity (Wildman–Crippen MR) is 74.1 cm³/mol. The number of aliphatic carboxylic acids is 1. The second kappa shape index (κ2) is 7.26. The molecule has 0 bridgehead atoms. The molecule has 1 saturated carbocycles. The van der Waals surface area contributed by atoms with E-state index in [2.05, 4.69) is 10.6 Å². The van der Waals surface area contributed by atoms with E-state index in [0.29, 0.717) is 12.3 Å². The van der Waals surface area contributed by atoms with Gasteiger partial charge in [0.05, 0.1) is 6.54 Å². The van der Waals surface area contributed by atoms with E-state index < -0.39 is 17.4 Å². The van der Waals surface area contributed by atoms with Crippen LogP contribution in [0.15, 0.2) is 0 Å². The Morgan fingerprint density at radius 2 is 1.70 bits per heavy atom. The van der Waals surface area contributed by atoms with Gasteiger partial charge in [-0.3, -0.25) is 9.59 Å². The fourth-order valence-electron chi connectivity index (χ4n) is 2.35.